The molecule has 0 aliphatic heterocycles. The first kappa shape index (κ1) is 13.5. The molecule has 102 valence electrons. The fraction of sp³-hybridized carbons (Fsp3) is 0.429. The zero-order valence-corrected chi connectivity index (χ0v) is 11.4. The number of aromatic nitrogens is 2. The van der Waals surface area contributed by atoms with E-state index in [-0.39, 0.29) is 11.3 Å². The van der Waals surface area contributed by atoms with Gasteiger partial charge in [-0.25, -0.2) is 4.98 Å². The van der Waals surface area contributed by atoms with Crippen molar-refractivity contribution >= 4 is 16.9 Å². The second kappa shape index (κ2) is 5.40. The number of carbonyl (C=O) groups excluding carboxylic acids is 1. The van der Waals surface area contributed by atoms with Crippen molar-refractivity contribution in [2.75, 3.05) is 13.1 Å². The minimum atomic E-state index is -0.0665. The minimum Gasteiger partial charge on any atom is -0.355 e. The number of aromatic amines is 1. The zero-order valence-electron chi connectivity index (χ0n) is 11.4. The molecule has 0 saturated heterocycles. The van der Waals surface area contributed by atoms with E-state index in [1.807, 2.05) is 32.0 Å². The summed E-state index contributed by atoms with van der Waals surface area (Å²) in [5.74, 6) is 0.0143. The van der Waals surface area contributed by atoms with Crippen LogP contribution >= 0.6 is 0 Å². The van der Waals surface area contributed by atoms with Gasteiger partial charge in [-0.05, 0) is 29.7 Å². The highest BCUT2D eigenvalue weighted by molar-refractivity contribution is 5.81. The lowest BCUT2D eigenvalue weighted by Gasteiger charge is -2.22. The second-order valence-corrected chi connectivity index (χ2v) is 5.58. The molecule has 0 spiro atoms. The van der Waals surface area contributed by atoms with Crippen molar-refractivity contribution in [1.29, 1.82) is 0 Å². The number of H-pyrrole nitrogens is 1. The molecule has 0 atom stereocenters. The molecule has 0 bridgehead atoms. The van der Waals surface area contributed by atoms with Crippen molar-refractivity contribution in [3.63, 3.8) is 0 Å². The molecule has 0 aliphatic carbocycles. The molecule has 4 N–H and O–H groups in total. The lowest BCUT2D eigenvalue weighted by Crippen LogP contribution is -2.39. The molecular formula is C14H20N4O. The lowest BCUT2D eigenvalue weighted by atomic mass is 9.94. The Labute approximate surface area is 112 Å². The average Bonchev–Trinajstić information content (AvgIpc) is 2.84. The highest BCUT2D eigenvalue weighted by Crippen LogP contribution is 2.13. The first-order valence-electron chi connectivity index (χ1n) is 6.39. The number of benzene rings is 1. The maximum absolute atomic E-state index is 11.9. The molecule has 2 rings (SSSR count). The lowest BCUT2D eigenvalue weighted by molar-refractivity contribution is -0.120. The van der Waals surface area contributed by atoms with Gasteiger partial charge in [0.1, 0.15) is 0 Å². The molecular weight excluding hydrogens is 240 g/mol. The van der Waals surface area contributed by atoms with Gasteiger partial charge >= 0.3 is 0 Å². The summed E-state index contributed by atoms with van der Waals surface area (Å²) in [6.45, 7) is 5.20. The number of amides is 1. The van der Waals surface area contributed by atoms with Crippen molar-refractivity contribution in [2.45, 2.75) is 20.3 Å². The molecule has 0 radical (unpaired) electrons. The summed E-state index contributed by atoms with van der Waals surface area (Å²) in [6, 6.07) is 5.80. The summed E-state index contributed by atoms with van der Waals surface area (Å²) in [5.41, 5.74) is 8.40. The molecule has 1 heterocycles. The third-order valence-electron chi connectivity index (χ3n) is 3.17. The van der Waals surface area contributed by atoms with Crippen LogP contribution in [0.5, 0.6) is 0 Å². The van der Waals surface area contributed by atoms with Gasteiger partial charge in [0.2, 0.25) is 5.91 Å². The van der Waals surface area contributed by atoms with E-state index in [1.54, 1.807) is 6.33 Å². The molecule has 2 aromatic rings. The van der Waals surface area contributed by atoms with Crippen LogP contribution in [0.1, 0.15) is 19.4 Å². The van der Waals surface area contributed by atoms with E-state index in [4.69, 9.17) is 5.73 Å². The van der Waals surface area contributed by atoms with Gasteiger partial charge < -0.3 is 16.0 Å². The highest BCUT2D eigenvalue weighted by Gasteiger charge is 2.16. The Morgan fingerprint density at radius 1 is 1.47 bits per heavy atom. The number of nitrogens with two attached hydrogens (primary N) is 1. The quantitative estimate of drug-likeness (QED) is 0.755. The van der Waals surface area contributed by atoms with Gasteiger partial charge in [0.05, 0.1) is 23.8 Å². The van der Waals surface area contributed by atoms with Gasteiger partial charge in [-0.15, -0.1) is 0 Å². The number of hydrogen-bond donors (Lipinski definition) is 3. The zero-order chi connectivity index (χ0) is 13.9. The summed E-state index contributed by atoms with van der Waals surface area (Å²) >= 11 is 0. The Balaban J connectivity index is 1.95. The van der Waals surface area contributed by atoms with Crippen molar-refractivity contribution in [1.82, 2.24) is 15.3 Å². The molecule has 1 aromatic carbocycles. The highest BCUT2D eigenvalue weighted by atomic mass is 16.1. The number of nitrogens with one attached hydrogen (secondary N) is 2. The maximum atomic E-state index is 11.9. The van der Waals surface area contributed by atoms with Crippen LogP contribution in [-0.2, 0) is 11.2 Å². The number of nitrogens with zero attached hydrogens (tertiary/aromatic N) is 1. The third-order valence-corrected chi connectivity index (χ3v) is 3.17. The molecule has 1 amide bonds. The number of hydrogen-bond acceptors (Lipinski definition) is 3. The van der Waals surface area contributed by atoms with Crippen LogP contribution in [0.3, 0.4) is 0 Å². The van der Waals surface area contributed by atoms with E-state index in [0.29, 0.717) is 19.5 Å². The van der Waals surface area contributed by atoms with Crippen molar-refractivity contribution in [3.8, 4) is 0 Å². The largest absolute Gasteiger partial charge is 0.355 e. The van der Waals surface area contributed by atoms with Crippen LogP contribution in [0.2, 0.25) is 0 Å². The first-order valence-corrected chi connectivity index (χ1v) is 6.39. The monoisotopic (exact) mass is 260 g/mol. The predicted octanol–water partition coefficient (Wildman–Crippen LogP) is 1.21. The van der Waals surface area contributed by atoms with Crippen LogP contribution in [0.4, 0.5) is 0 Å². The van der Waals surface area contributed by atoms with Crippen molar-refractivity contribution in [2.24, 2.45) is 11.1 Å². The van der Waals surface area contributed by atoms with Gasteiger partial charge in [-0.3, -0.25) is 4.79 Å². The van der Waals surface area contributed by atoms with Crippen LogP contribution in [0, 0.1) is 5.41 Å². The van der Waals surface area contributed by atoms with Gasteiger partial charge in [-0.1, -0.05) is 19.9 Å². The standard InChI is InChI=1S/C14H20N4O/c1-14(2,7-15)8-16-13(19)6-10-3-4-11-12(5-10)18-9-17-11/h3-5,9H,6-8,15H2,1-2H3,(H,16,19)(H,17,18). The number of fused-ring (bicyclic) bond motifs is 1. The van der Waals surface area contributed by atoms with Gasteiger partial charge in [0, 0.05) is 6.54 Å². The summed E-state index contributed by atoms with van der Waals surface area (Å²) in [5, 5.41) is 2.92. The molecule has 0 aliphatic rings. The van der Waals surface area contributed by atoms with Gasteiger partial charge in [-0.2, -0.15) is 0 Å². The Kier molecular flexibility index (Phi) is 3.85. The van der Waals surface area contributed by atoms with E-state index in [0.717, 1.165) is 16.6 Å². The minimum absolute atomic E-state index is 0.0143. The third kappa shape index (κ3) is 3.54. The van der Waals surface area contributed by atoms with E-state index in [9.17, 15) is 4.79 Å². The molecule has 5 heteroatoms. The molecule has 5 nitrogen and oxygen atoms in total. The molecule has 19 heavy (non-hydrogen) atoms. The van der Waals surface area contributed by atoms with E-state index in [2.05, 4.69) is 15.3 Å². The van der Waals surface area contributed by atoms with Crippen LogP contribution in [-0.4, -0.2) is 29.0 Å². The Morgan fingerprint density at radius 3 is 3.00 bits per heavy atom. The topological polar surface area (TPSA) is 83.8 Å². The normalized spacial score (nSPS) is 11.7. The Hall–Kier alpha value is -1.88. The van der Waals surface area contributed by atoms with Crippen molar-refractivity contribution < 1.29 is 4.79 Å². The van der Waals surface area contributed by atoms with Crippen LogP contribution in [0.25, 0.3) is 11.0 Å². The Bertz CT molecular complexity index is 574. The summed E-state index contributed by atoms with van der Waals surface area (Å²) in [6.07, 6.45) is 2.02. The first-order chi connectivity index (χ1) is 9.00. The van der Waals surface area contributed by atoms with Crippen LogP contribution < -0.4 is 11.1 Å². The smallest absolute Gasteiger partial charge is 0.224 e. The average molecular weight is 260 g/mol. The van der Waals surface area contributed by atoms with E-state index >= 15 is 0 Å². The molecule has 0 saturated carbocycles. The number of carbonyl (C=O) groups is 1. The summed E-state index contributed by atoms with van der Waals surface area (Å²) in [7, 11) is 0. The van der Waals surface area contributed by atoms with Crippen LogP contribution in [0.15, 0.2) is 24.5 Å². The number of rotatable bonds is 5. The van der Waals surface area contributed by atoms with E-state index < -0.39 is 0 Å². The molecule has 0 fully saturated rings. The second-order valence-electron chi connectivity index (χ2n) is 5.58. The SMILES string of the molecule is CC(C)(CN)CNC(=O)Cc1ccc2nc[nH]c2c1. The Morgan fingerprint density at radius 2 is 2.26 bits per heavy atom. The fourth-order valence-electron chi connectivity index (χ4n) is 1.75. The predicted molar refractivity (Wildman–Crippen MR) is 75.6 cm³/mol. The summed E-state index contributed by atoms with van der Waals surface area (Å²) < 4.78 is 0. The fourth-order valence-corrected chi connectivity index (χ4v) is 1.75. The van der Waals surface area contributed by atoms with E-state index in [1.165, 1.54) is 0 Å². The maximum Gasteiger partial charge on any atom is 0.224 e. The van der Waals surface area contributed by atoms with Crippen molar-refractivity contribution in [3.05, 3.63) is 30.1 Å². The summed E-state index contributed by atoms with van der Waals surface area (Å²) in [4.78, 5) is 19.1. The van der Waals surface area contributed by atoms with Gasteiger partial charge in [0.15, 0.2) is 0 Å². The van der Waals surface area contributed by atoms with Gasteiger partial charge in [0.25, 0.3) is 0 Å². The number of imidazole rings is 1. The molecule has 1 aromatic heterocycles. The molecule has 0 unspecified atom stereocenters.